The number of anilines is 1. The van der Waals surface area contributed by atoms with E-state index in [4.69, 9.17) is 0 Å². The Morgan fingerprint density at radius 3 is 2.72 bits per heavy atom. The molecule has 0 aliphatic carbocycles. The van der Waals surface area contributed by atoms with Crippen LogP contribution in [0.4, 0.5) is 5.95 Å². The third kappa shape index (κ3) is 2.96. The lowest BCUT2D eigenvalue weighted by molar-refractivity contribution is 0.425. The summed E-state index contributed by atoms with van der Waals surface area (Å²) in [5.74, 6) is 0.786. The molecular weight excluding hydrogens is 226 g/mol. The number of rotatable bonds is 4. The van der Waals surface area contributed by atoms with Crippen molar-refractivity contribution in [2.75, 3.05) is 24.5 Å². The molecule has 1 atom stereocenters. The van der Waals surface area contributed by atoms with Crippen LogP contribution in [-0.4, -0.2) is 40.9 Å². The number of aryl methyl sites for hydroxylation is 2. The first kappa shape index (κ1) is 13.2. The zero-order valence-electron chi connectivity index (χ0n) is 11.6. The maximum atomic E-state index is 4.59. The van der Waals surface area contributed by atoms with Crippen molar-refractivity contribution in [2.24, 2.45) is 0 Å². The van der Waals surface area contributed by atoms with Gasteiger partial charge in [-0.25, -0.2) is 4.98 Å². The second-order valence-corrected chi connectivity index (χ2v) is 4.98. The molecule has 100 valence electrons. The molecule has 0 amide bonds. The first-order valence-corrected chi connectivity index (χ1v) is 6.87. The zero-order chi connectivity index (χ0) is 13.0. The van der Waals surface area contributed by atoms with Crippen LogP contribution in [0.2, 0.25) is 0 Å². The molecule has 1 aromatic heterocycles. The third-order valence-electron chi connectivity index (χ3n) is 3.51. The molecular formula is C13H23N5. The average molecular weight is 249 g/mol. The quantitative estimate of drug-likeness (QED) is 0.875. The van der Waals surface area contributed by atoms with E-state index < -0.39 is 0 Å². The Balaban J connectivity index is 2.19. The van der Waals surface area contributed by atoms with Crippen molar-refractivity contribution in [2.45, 2.75) is 46.1 Å². The van der Waals surface area contributed by atoms with Crippen LogP contribution in [0.3, 0.4) is 0 Å². The summed E-state index contributed by atoms with van der Waals surface area (Å²) in [5, 5.41) is 11.9. The average Bonchev–Trinajstić information content (AvgIpc) is 2.40. The van der Waals surface area contributed by atoms with E-state index in [1.54, 1.807) is 0 Å². The van der Waals surface area contributed by atoms with Crippen molar-refractivity contribution in [1.29, 1.82) is 0 Å². The first-order valence-electron chi connectivity index (χ1n) is 6.87. The Morgan fingerprint density at radius 1 is 1.28 bits per heavy atom. The number of nitrogens with one attached hydrogen (secondary N) is 1. The highest BCUT2D eigenvalue weighted by molar-refractivity contribution is 5.32. The van der Waals surface area contributed by atoms with E-state index in [0.717, 1.165) is 43.4 Å². The minimum atomic E-state index is 0.502. The summed E-state index contributed by atoms with van der Waals surface area (Å²) in [7, 11) is 0. The summed E-state index contributed by atoms with van der Waals surface area (Å²) in [5.41, 5.74) is 1.89. The van der Waals surface area contributed by atoms with Gasteiger partial charge in [0.25, 0.3) is 0 Å². The molecule has 1 unspecified atom stereocenters. The summed E-state index contributed by atoms with van der Waals surface area (Å²) in [6.07, 6.45) is 3.54. The van der Waals surface area contributed by atoms with Crippen molar-refractivity contribution in [1.82, 2.24) is 20.5 Å². The molecule has 0 bridgehead atoms. The van der Waals surface area contributed by atoms with Gasteiger partial charge in [-0.05, 0) is 39.7 Å². The Kier molecular flexibility index (Phi) is 4.47. The lowest BCUT2D eigenvalue weighted by Gasteiger charge is -2.34. The molecule has 2 rings (SSSR count). The Hall–Kier alpha value is -1.23. The van der Waals surface area contributed by atoms with Gasteiger partial charge in [0.1, 0.15) is 0 Å². The highest BCUT2D eigenvalue weighted by atomic mass is 15.3. The molecule has 1 saturated heterocycles. The Labute approximate surface area is 109 Å². The molecule has 1 aromatic rings. The Bertz CT molecular complexity index is 387. The number of nitrogens with zero attached hydrogens (tertiary/aromatic N) is 4. The largest absolute Gasteiger partial charge is 0.335 e. The molecule has 0 saturated carbocycles. The molecule has 1 aliphatic heterocycles. The molecule has 5 heteroatoms. The second-order valence-electron chi connectivity index (χ2n) is 4.98. The number of hydrogen-bond acceptors (Lipinski definition) is 5. The summed E-state index contributed by atoms with van der Waals surface area (Å²) in [4.78, 5) is 6.90. The fraction of sp³-hybridized carbons (Fsp3) is 0.769. The molecule has 1 fully saturated rings. The van der Waals surface area contributed by atoms with Crippen molar-refractivity contribution in [3.05, 3.63) is 11.4 Å². The summed E-state index contributed by atoms with van der Waals surface area (Å²) >= 11 is 0. The smallest absolute Gasteiger partial charge is 0.245 e. The number of hydrogen-bond donors (Lipinski definition) is 1. The predicted molar refractivity (Wildman–Crippen MR) is 72.8 cm³/mol. The van der Waals surface area contributed by atoms with Crippen molar-refractivity contribution < 1.29 is 0 Å². The molecule has 0 aromatic carbocycles. The summed E-state index contributed by atoms with van der Waals surface area (Å²) in [6, 6.07) is 0.502. The van der Waals surface area contributed by atoms with Gasteiger partial charge in [0.2, 0.25) is 5.95 Å². The van der Waals surface area contributed by atoms with Gasteiger partial charge in [0.15, 0.2) is 0 Å². The van der Waals surface area contributed by atoms with E-state index in [9.17, 15) is 0 Å². The van der Waals surface area contributed by atoms with Crippen LogP contribution < -0.4 is 10.2 Å². The van der Waals surface area contributed by atoms with Gasteiger partial charge in [-0.2, -0.15) is 5.10 Å². The van der Waals surface area contributed by atoms with Gasteiger partial charge in [-0.15, -0.1) is 5.10 Å². The standard InChI is InChI=1S/C13H23N5/c1-4-8-18(12-6-5-7-14-9-12)13-15-10(2)11(3)16-17-13/h12,14H,4-9H2,1-3H3. The fourth-order valence-electron chi connectivity index (χ4n) is 2.35. The van der Waals surface area contributed by atoms with Crippen molar-refractivity contribution in [3.8, 4) is 0 Å². The molecule has 2 heterocycles. The van der Waals surface area contributed by atoms with Gasteiger partial charge in [0.05, 0.1) is 11.4 Å². The van der Waals surface area contributed by atoms with E-state index >= 15 is 0 Å². The maximum absolute atomic E-state index is 4.59. The van der Waals surface area contributed by atoms with Crippen molar-refractivity contribution in [3.63, 3.8) is 0 Å². The van der Waals surface area contributed by atoms with Gasteiger partial charge in [-0.1, -0.05) is 6.92 Å². The molecule has 0 spiro atoms. The normalized spacial score (nSPS) is 19.8. The van der Waals surface area contributed by atoms with Crippen LogP contribution in [0.15, 0.2) is 0 Å². The van der Waals surface area contributed by atoms with Crippen LogP contribution in [0.5, 0.6) is 0 Å². The SMILES string of the molecule is CCCN(c1nnc(C)c(C)n1)C1CCCNC1. The van der Waals surface area contributed by atoms with Gasteiger partial charge >= 0.3 is 0 Å². The van der Waals surface area contributed by atoms with E-state index in [2.05, 4.69) is 32.3 Å². The van der Waals surface area contributed by atoms with E-state index in [1.807, 2.05) is 13.8 Å². The van der Waals surface area contributed by atoms with Crippen molar-refractivity contribution >= 4 is 5.95 Å². The van der Waals surface area contributed by atoms with Crippen LogP contribution in [0, 0.1) is 13.8 Å². The Morgan fingerprint density at radius 2 is 2.11 bits per heavy atom. The van der Waals surface area contributed by atoms with Crippen LogP contribution in [-0.2, 0) is 0 Å². The summed E-state index contributed by atoms with van der Waals surface area (Å²) in [6.45, 7) is 9.29. The highest BCUT2D eigenvalue weighted by Gasteiger charge is 2.23. The summed E-state index contributed by atoms with van der Waals surface area (Å²) < 4.78 is 0. The maximum Gasteiger partial charge on any atom is 0.245 e. The van der Waals surface area contributed by atoms with Gasteiger partial charge in [-0.3, -0.25) is 0 Å². The molecule has 1 aliphatic rings. The lowest BCUT2D eigenvalue weighted by atomic mass is 10.1. The van der Waals surface area contributed by atoms with E-state index in [0.29, 0.717) is 6.04 Å². The van der Waals surface area contributed by atoms with E-state index in [1.165, 1.54) is 12.8 Å². The number of piperidine rings is 1. The van der Waals surface area contributed by atoms with E-state index in [-0.39, 0.29) is 0 Å². The lowest BCUT2D eigenvalue weighted by Crippen LogP contribution is -2.47. The molecule has 0 radical (unpaired) electrons. The first-order chi connectivity index (χ1) is 8.72. The monoisotopic (exact) mass is 249 g/mol. The highest BCUT2D eigenvalue weighted by Crippen LogP contribution is 2.17. The van der Waals surface area contributed by atoms with Gasteiger partial charge in [0, 0.05) is 19.1 Å². The van der Waals surface area contributed by atoms with Crippen LogP contribution in [0.1, 0.15) is 37.6 Å². The zero-order valence-corrected chi connectivity index (χ0v) is 11.6. The predicted octanol–water partition coefficient (Wildman–Crippen LogP) is 1.46. The minimum absolute atomic E-state index is 0.502. The van der Waals surface area contributed by atoms with Gasteiger partial charge < -0.3 is 10.2 Å². The molecule has 5 nitrogen and oxygen atoms in total. The minimum Gasteiger partial charge on any atom is -0.335 e. The molecule has 1 N–H and O–H groups in total. The molecule has 18 heavy (non-hydrogen) atoms. The van der Waals surface area contributed by atoms with Crippen LogP contribution >= 0.6 is 0 Å². The second kappa shape index (κ2) is 6.09. The fourth-order valence-corrected chi connectivity index (χ4v) is 2.35. The number of aromatic nitrogens is 3. The van der Waals surface area contributed by atoms with Crippen LogP contribution in [0.25, 0.3) is 0 Å². The third-order valence-corrected chi connectivity index (χ3v) is 3.51. The topological polar surface area (TPSA) is 53.9 Å².